The van der Waals surface area contributed by atoms with E-state index in [1.807, 2.05) is 0 Å². The number of aromatic nitrogens is 2. The first-order chi connectivity index (χ1) is 9.81. The SMILES string of the molecule is S=c1cc(C2CCCC2)[nH]c(C2Cc3ccccc32)n1. The number of hydrogen-bond acceptors (Lipinski definition) is 2. The average Bonchev–Trinajstić information content (AvgIpc) is 2.93. The van der Waals surface area contributed by atoms with Gasteiger partial charge in [-0.2, -0.15) is 0 Å². The summed E-state index contributed by atoms with van der Waals surface area (Å²) in [6, 6.07) is 10.7. The van der Waals surface area contributed by atoms with Crippen molar-refractivity contribution in [3.8, 4) is 0 Å². The molecule has 1 atom stereocenters. The van der Waals surface area contributed by atoms with Crippen LogP contribution in [-0.4, -0.2) is 9.97 Å². The Labute approximate surface area is 124 Å². The number of rotatable bonds is 2. The highest BCUT2D eigenvalue weighted by molar-refractivity contribution is 7.71. The molecule has 1 fully saturated rings. The number of fused-ring (bicyclic) bond motifs is 1. The molecule has 1 unspecified atom stereocenters. The minimum Gasteiger partial charge on any atom is -0.346 e. The number of aromatic amines is 1. The Balaban J connectivity index is 1.71. The van der Waals surface area contributed by atoms with Gasteiger partial charge in [0.05, 0.1) is 0 Å². The number of nitrogens with one attached hydrogen (secondary N) is 1. The van der Waals surface area contributed by atoms with E-state index >= 15 is 0 Å². The summed E-state index contributed by atoms with van der Waals surface area (Å²) in [7, 11) is 0. The maximum absolute atomic E-state index is 5.38. The molecule has 1 saturated carbocycles. The molecule has 0 radical (unpaired) electrons. The zero-order chi connectivity index (χ0) is 13.5. The van der Waals surface area contributed by atoms with Gasteiger partial charge in [0, 0.05) is 11.6 Å². The van der Waals surface area contributed by atoms with Crippen molar-refractivity contribution < 1.29 is 0 Å². The van der Waals surface area contributed by atoms with E-state index in [9.17, 15) is 0 Å². The lowest BCUT2D eigenvalue weighted by atomic mass is 9.77. The van der Waals surface area contributed by atoms with Crippen LogP contribution in [-0.2, 0) is 6.42 Å². The number of benzene rings is 1. The third kappa shape index (κ3) is 2.01. The zero-order valence-corrected chi connectivity index (χ0v) is 12.2. The van der Waals surface area contributed by atoms with Crippen LogP contribution in [0.3, 0.4) is 0 Å². The van der Waals surface area contributed by atoms with Crippen LogP contribution in [0.2, 0.25) is 0 Å². The van der Waals surface area contributed by atoms with Crippen molar-refractivity contribution in [2.45, 2.75) is 43.9 Å². The Morgan fingerprint density at radius 3 is 2.75 bits per heavy atom. The first kappa shape index (κ1) is 12.3. The molecule has 0 spiro atoms. The second kappa shape index (κ2) is 4.81. The fourth-order valence-electron chi connectivity index (χ4n) is 3.62. The molecule has 4 rings (SSSR count). The van der Waals surface area contributed by atoms with Crippen LogP contribution < -0.4 is 0 Å². The van der Waals surface area contributed by atoms with Gasteiger partial charge in [-0.1, -0.05) is 49.3 Å². The summed E-state index contributed by atoms with van der Waals surface area (Å²) in [5, 5.41) is 0. The van der Waals surface area contributed by atoms with Gasteiger partial charge in [0.25, 0.3) is 0 Å². The van der Waals surface area contributed by atoms with Gasteiger partial charge >= 0.3 is 0 Å². The molecule has 0 saturated heterocycles. The zero-order valence-electron chi connectivity index (χ0n) is 11.4. The smallest absolute Gasteiger partial charge is 0.130 e. The molecular formula is C17H18N2S. The monoisotopic (exact) mass is 282 g/mol. The largest absolute Gasteiger partial charge is 0.346 e. The molecular weight excluding hydrogens is 264 g/mol. The molecule has 3 heteroatoms. The quantitative estimate of drug-likeness (QED) is 0.822. The first-order valence-electron chi connectivity index (χ1n) is 7.50. The van der Waals surface area contributed by atoms with Crippen LogP contribution in [0, 0.1) is 4.64 Å². The molecule has 1 N–H and O–H groups in total. The van der Waals surface area contributed by atoms with Crippen LogP contribution >= 0.6 is 12.2 Å². The molecule has 2 aliphatic carbocycles. The van der Waals surface area contributed by atoms with E-state index in [0.29, 0.717) is 11.8 Å². The number of hydrogen-bond donors (Lipinski definition) is 1. The second-order valence-corrected chi connectivity index (χ2v) is 6.42. The molecule has 102 valence electrons. The van der Waals surface area contributed by atoms with Crippen molar-refractivity contribution in [3.05, 3.63) is 57.6 Å². The second-order valence-electron chi connectivity index (χ2n) is 6.00. The van der Waals surface area contributed by atoms with E-state index in [1.165, 1.54) is 42.5 Å². The van der Waals surface area contributed by atoms with Crippen molar-refractivity contribution in [1.82, 2.24) is 9.97 Å². The molecule has 0 aliphatic heterocycles. The summed E-state index contributed by atoms with van der Waals surface area (Å²) in [6.07, 6.45) is 6.35. The van der Waals surface area contributed by atoms with Crippen LogP contribution in [0.1, 0.15) is 60.2 Å². The molecule has 2 nitrogen and oxygen atoms in total. The Morgan fingerprint density at radius 2 is 1.95 bits per heavy atom. The predicted molar refractivity (Wildman–Crippen MR) is 82.6 cm³/mol. The fourth-order valence-corrected chi connectivity index (χ4v) is 3.85. The number of nitrogens with zero attached hydrogens (tertiary/aromatic N) is 1. The van der Waals surface area contributed by atoms with Gasteiger partial charge in [-0.25, -0.2) is 4.98 Å². The minimum absolute atomic E-state index is 0.411. The maximum Gasteiger partial charge on any atom is 0.130 e. The summed E-state index contributed by atoms with van der Waals surface area (Å²) in [4.78, 5) is 8.18. The standard InChI is InChI=1S/C17H18N2S/c20-16-10-15(11-5-1-2-6-11)18-17(19-16)14-9-12-7-3-4-8-13(12)14/h3-4,7-8,10-11,14H,1-2,5-6,9H2,(H,18,19,20). The number of H-pyrrole nitrogens is 1. The highest BCUT2D eigenvalue weighted by Crippen LogP contribution is 2.39. The fraction of sp³-hybridized carbons (Fsp3) is 0.412. The van der Waals surface area contributed by atoms with Crippen LogP contribution in [0.4, 0.5) is 0 Å². The molecule has 20 heavy (non-hydrogen) atoms. The van der Waals surface area contributed by atoms with E-state index < -0.39 is 0 Å². The van der Waals surface area contributed by atoms with E-state index in [4.69, 9.17) is 12.2 Å². The first-order valence-corrected chi connectivity index (χ1v) is 7.91. The lowest BCUT2D eigenvalue weighted by Crippen LogP contribution is -2.21. The Hall–Kier alpha value is -1.48. The van der Waals surface area contributed by atoms with Crippen LogP contribution in [0.15, 0.2) is 30.3 Å². The molecule has 1 heterocycles. The molecule has 2 aromatic rings. The van der Waals surface area contributed by atoms with E-state index in [-0.39, 0.29) is 0 Å². The highest BCUT2D eigenvalue weighted by Gasteiger charge is 2.29. The predicted octanol–water partition coefficient (Wildman–Crippen LogP) is 4.48. The van der Waals surface area contributed by atoms with Crippen molar-refractivity contribution >= 4 is 12.2 Å². The Bertz CT molecular complexity index is 698. The van der Waals surface area contributed by atoms with Gasteiger partial charge in [0.1, 0.15) is 10.5 Å². The lowest BCUT2D eigenvalue weighted by molar-refractivity contribution is 0.628. The van der Waals surface area contributed by atoms with E-state index in [0.717, 1.165) is 16.9 Å². The molecule has 2 aliphatic rings. The van der Waals surface area contributed by atoms with Crippen LogP contribution in [0.5, 0.6) is 0 Å². The summed E-state index contributed by atoms with van der Waals surface area (Å²) < 4.78 is 0.741. The third-order valence-electron chi connectivity index (χ3n) is 4.76. The molecule has 0 amide bonds. The van der Waals surface area contributed by atoms with E-state index in [1.54, 1.807) is 0 Å². The maximum atomic E-state index is 5.38. The lowest BCUT2D eigenvalue weighted by Gasteiger charge is -2.29. The van der Waals surface area contributed by atoms with Gasteiger partial charge in [0.2, 0.25) is 0 Å². The normalized spacial score (nSPS) is 21.5. The Morgan fingerprint density at radius 1 is 1.15 bits per heavy atom. The average molecular weight is 282 g/mol. The van der Waals surface area contributed by atoms with Gasteiger partial charge in [-0.3, -0.25) is 0 Å². The molecule has 1 aromatic heterocycles. The van der Waals surface area contributed by atoms with Crippen molar-refractivity contribution in [3.63, 3.8) is 0 Å². The topological polar surface area (TPSA) is 28.7 Å². The highest BCUT2D eigenvalue weighted by atomic mass is 32.1. The Kier molecular flexibility index (Phi) is 2.95. The van der Waals surface area contributed by atoms with Crippen LogP contribution in [0.25, 0.3) is 0 Å². The summed E-state index contributed by atoms with van der Waals surface area (Å²) in [5.74, 6) is 2.14. The van der Waals surface area contributed by atoms with Gasteiger partial charge < -0.3 is 4.98 Å². The van der Waals surface area contributed by atoms with Crippen molar-refractivity contribution in [2.75, 3.05) is 0 Å². The minimum atomic E-state index is 0.411. The molecule has 0 bridgehead atoms. The van der Waals surface area contributed by atoms with Gasteiger partial charge in [-0.05, 0) is 42.4 Å². The van der Waals surface area contributed by atoms with Crippen molar-refractivity contribution in [1.29, 1.82) is 0 Å². The van der Waals surface area contributed by atoms with Crippen molar-refractivity contribution in [2.24, 2.45) is 0 Å². The van der Waals surface area contributed by atoms with E-state index in [2.05, 4.69) is 40.3 Å². The summed E-state index contributed by atoms with van der Waals surface area (Å²) in [6.45, 7) is 0. The third-order valence-corrected chi connectivity index (χ3v) is 4.97. The summed E-state index contributed by atoms with van der Waals surface area (Å²) in [5.41, 5.74) is 4.17. The molecule has 1 aromatic carbocycles. The van der Waals surface area contributed by atoms with Gasteiger partial charge in [0.15, 0.2) is 0 Å². The van der Waals surface area contributed by atoms with Gasteiger partial charge in [-0.15, -0.1) is 0 Å². The summed E-state index contributed by atoms with van der Waals surface area (Å²) >= 11 is 5.38.